The Morgan fingerprint density at radius 1 is 1.28 bits per heavy atom. The molecule has 158 valence electrons. The van der Waals surface area contributed by atoms with Crippen molar-refractivity contribution in [2.45, 2.75) is 19.4 Å². The van der Waals surface area contributed by atoms with Gasteiger partial charge in [-0.2, -0.15) is 0 Å². The first-order chi connectivity index (χ1) is 13.7. The van der Waals surface area contributed by atoms with Gasteiger partial charge in [0, 0.05) is 18.0 Å². The first-order valence-electron chi connectivity index (χ1n) is 8.80. The fourth-order valence-corrected chi connectivity index (χ4v) is 6.81. The molecule has 0 bridgehead atoms. The third-order valence-corrected chi connectivity index (χ3v) is 8.69. The largest absolute Gasteiger partial charge is 0.495 e. The number of carbonyl (C=O) groups excluding carboxylic acids is 2. The highest BCUT2D eigenvalue weighted by Gasteiger charge is 2.34. The molecule has 1 aromatic carbocycles. The van der Waals surface area contributed by atoms with Crippen molar-refractivity contribution in [1.82, 2.24) is 4.90 Å². The zero-order chi connectivity index (χ0) is 21.3. The number of rotatable bonds is 6. The summed E-state index contributed by atoms with van der Waals surface area (Å²) in [6, 6.07) is 2.95. The molecule has 1 aliphatic heterocycles. The highest BCUT2D eigenvalue weighted by atomic mass is 35.5. The fourth-order valence-electron chi connectivity index (χ4n) is 3.30. The molecule has 0 saturated carbocycles. The maximum Gasteiger partial charge on any atom is 0.350 e. The molecule has 11 heteroatoms. The fraction of sp³-hybridized carbons (Fsp3) is 0.444. The van der Waals surface area contributed by atoms with E-state index in [9.17, 15) is 18.0 Å². The second-order valence-electron chi connectivity index (χ2n) is 6.52. The lowest BCUT2D eigenvalue weighted by molar-refractivity contribution is -0.136. The Morgan fingerprint density at radius 2 is 2.00 bits per heavy atom. The van der Waals surface area contributed by atoms with Crippen LogP contribution in [0.1, 0.15) is 23.0 Å². The number of hydrogen-bond acceptors (Lipinski definition) is 7. The molecular formula is C18H19Cl2NO6S2. The van der Waals surface area contributed by atoms with Crippen molar-refractivity contribution in [1.29, 1.82) is 0 Å². The van der Waals surface area contributed by atoms with Gasteiger partial charge in [-0.1, -0.05) is 23.2 Å². The van der Waals surface area contributed by atoms with Gasteiger partial charge in [-0.3, -0.25) is 4.79 Å². The third-order valence-electron chi connectivity index (χ3n) is 4.74. The number of methoxy groups -OCH3 is 1. The van der Waals surface area contributed by atoms with Gasteiger partial charge >= 0.3 is 5.97 Å². The van der Waals surface area contributed by atoms with Crippen molar-refractivity contribution < 1.29 is 27.5 Å². The van der Waals surface area contributed by atoms with Crippen LogP contribution >= 0.6 is 34.5 Å². The summed E-state index contributed by atoms with van der Waals surface area (Å²) in [7, 11) is -1.64. The monoisotopic (exact) mass is 479 g/mol. The second-order valence-corrected chi connectivity index (χ2v) is 10.5. The summed E-state index contributed by atoms with van der Waals surface area (Å²) in [6.45, 7) is 1.59. The summed E-state index contributed by atoms with van der Waals surface area (Å²) < 4.78 is 34.3. The smallest absolute Gasteiger partial charge is 0.350 e. The lowest BCUT2D eigenvalue weighted by Crippen LogP contribution is -2.43. The summed E-state index contributed by atoms with van der Waals surface area (Å²) in [6.07, 6.45) is 0.387. The van der Waals surface area contributed by atoms with Crippen LogP contribution in [0.4, 0.5) is 0 Å². The average Bonchev–Trinajstić information content (AvgIpc) is 3.21. The number of halogens is 2. The molecule has 0 spiro atoms. The number of thiophene rings is 1. The molecule has 1 amide bonds. The Labute approximate surface area is 182 Å². The Bertz CT molecular complexity index is 1070. The van der Waals surface area contributed by atoms with Crippen LogP contribution in [0.5, 0.6) is 5.75 Å². The van der Waals surface area contributed by atoms with Crippen LogP contribution in [0.2, 0.25) is 10.0 Å². The molecule has 3 rings (SSSR count). The Hall–Kier alpha value is -1.55. The predicted molar refractivity (Wildman–Crippen MR) is 113 cm³/mol. The minimum Gasteiger partial charge on any atom is -0.495 e. The lowest BCUT2D eigenvalue weighted by Gasteiger charge is -2.26. The molecule has 29 heavy (non-hydrogen) atoms. The summed E-state index contributed by atoms with van der Waals surface area (Å²) >= 11 is 13.6. The van der Waals surface area contributed by atoms with Crippen molar-refractivity contribution >= 4 is 66.3 Å². The lowest BCUT2D eigenvalue weighted by atomic mass is 10.2. The maximum absolute atomic E-state index is 12.5. The van der Waals surface area contributed by atoms with Gasteiger partial charge in [-0.05, 0) is 25.5 Å². The van der Waals surface area contributed by atoms with Gasteiger partial charge in [0.25, 0.3) is 5.91 Å². The number of likely N-dealkylation sites (N-methyl/N-ethyl adjacent to an activating group) is 1. The number of nitrogens with zero attached hydrogens (tertiary/aromatic N) is 1. The number of esters is 1. The van der Waals surface area contributed by atoms with Crippen molar-refractivity contribution in [2.24, 2.45) is 0 Å². The zero-order valence-corrected chi connectivity index (χ0v) is 18.9. The van der Waals surface area contributed by atoms with Gasteiger partial charge in [0.1, 0.15) is 15.6 Å². The molecular weight excluding hydrogens is 461 g/mol. The van der Waals surface area contributed by atoms with Crippen LogP contribution in [0.15, 0.2) is 12.1 Å². The van der Waals surface area contributed by atoms with E-state index >= 15 is 0 Å². The van der Waals surface area contributed by atoms with Crippen LogP contribution in [-0.2, 0) is 19.4 Å². The number of carbonyl (C=O) groups is 2. The summed E-state index contributed by atoms with van der Waals surface area (Å²) in [5.74, 6) is -0.738. The van der Waals surface area contributed by atoms with Gasteiger partial charge in [-0.25, -0.2) is 13.2 Å². The van der Waals surface area contributed by atoms with Gasteiger partial charge < -0.3 is 14.4 Å². The Kier molecular flexibility index (Phi) is 6.62. The van der Waals surface area contributed by atoms with Crippen LogP contribution in [0.3, 0.4) is 0 Å². The molecule has 1 atom stereocenters. The van der Waals surface area contributed by atoms with E-state index in [1.54, 1.807) is 19.1 Å². The van der Waals surface area contributed by atoms with E-state index in [1.807, 2.05) is 0 Å². The van der Waals surface area contributed by atoms with Crippen molar-refractivity contribution in [2.75, 3.05) is 31.8 Å². The van der Waals surface area contributed by atoms with E-state index in [2.05, 4.69) is 0 Å². The van der Waals surface area contributed by atoms with E-state index in [1.165, 1.54) is 12.0 Å². The number of hydrogen-bond donors (Lipinski definition) is 0. The summed E-state index contributed by atoms with van der Waals surface area (Å²) in [4.78, 5) is 26.6. The summed E-state index contributed by atoms with van der Waals surface area (Å²) in [5.41, 5.74) is 0. The van der Waals surface area contributed by atoms with E-state index in [0.717, 1.165) is 11.3 Å². The van der Waals surface area contributed by atoms with Gasteiger partial charge in [0.15, 0.2) is 16.4 Å². The van der Waals surface area contributed by atoms with Crippen LogP contribution in [0.25, 0.3) is 10.1 Å². The Morgan fingerprint density at radius 3 is 2.59 bits per heavy atom. The highest BCUT2D eigenvalue weighted by Crippen LogP contribution is 2.43. The Balaban J connectivity index is 1.72. The standard InChI is InChI=1S/C18H19Cl2NO6S2/c1-3-21(10-6-7-29(24,25)9-10)13(22)8-27-18(23)17-14(19)11-4-5-12(26-2)15(20)16(11)28-17/h4-5,10H,3,6-9H2,1-2H3/t10-/m0/s1. The number of benzene rings is 1. The first kappa shape index (κ1) is 22.1. The molecule has 0 radical (unpaired) electrons. The SMILES string of the molecule is CCN(C(=O)COC(=O)c1sc2c(Cl)c(OC)ccc2c1Cl)[C@H]1CCS(=O)(=O)C1. The molecule has 1 aliphatic rings. The third kappa shape index (κ3) is 4.47. The second kappa shape index (κ2) is 8.67. The minimum absolute atomic E-state index is 0.0584. The minimum atomic E-state index is -3.13. The quantitative estimate of drug-likeness (QED) is 0.589. The van der Waals surface area contributed by atoms with E-state index in [-0.39, 0.29) is 21.4 Å². The van der Waals surface area contributed by atoms with E-state index < -0.39 is 34.4 Å². The molecule has 0 aliphatic carbocycles. The molecule has 2 heterocycles. The van der Waals surface area contributed by atoms with Gasteiger partial charge in [-0.15, -0.1) is 11.3 Å². The molecule has 1 aromatic heterocycles. The van der Waals surface area contributed by atoms with Gasteiger partial charge in [0.2, 0.25) is 0 Å². The van der Waals surface area contributed by atoms with Gasteiger partial charge in [0.05, 0.1) is 28.3 Å². The number of ether oxygens (including phenoxy) is 2. The molecule has 0 N–H and O–H groups in total. The zero-order valence-electron chi connectivity index (χ0n) is 15.7. The normalized spacial score (nSPS) is 18.0. The number of fused-ring (bicyclic) bond motifs is 1. The van der Waals surface area contributed by atoms with E-state index in [4.69, 9.17) is 32.7 Å². The van der Waals surface area contributed by atoms with Crippen molar-refractivity contribution in [3.8, 4) is 5.75 Å². The van der Waals surface area contributed by atoms with Crippen LogP contribution < -0.4 is 4.74 Å². The predicted octanol–water partition coefficient (Wildman–Crippen LogP) is 3.41. The van der Waals surface area contributed by atoms with Crippen molar-refractivity contribution in [3.05, 3.63) is 27.1 Å². The molecule has 1 fully saturated rings. The summed E-state index contributed by atoms with van der Waals surface area (Å²) in [5, 5.41) is 1.12. The maximum atomic E-state index is 12.5. The van der Waals surface area contributed by atoms with Crippen molar-refractivity contribution in [3.63, 3.8) is 0 Å². The molecule has 1 saturated heterocycles. The van der Waals surface area contributed by atoms with E-state index in [0.29, 0.717) is 33.8 Å². The highest BCUT2D eigenvalue weighted by molar-refractivity contribution is 7.91. The average molecular weight is 480 g/mol. The molecule has 0 unspecified atom stereocenters. The van der Waals surface area contributed by atoms with Crippen LogP contribution in [-0.4, -0.2) is 63.0 Å². The molecule has 7 nitrogen and oxygen atoms in total. The topological polar surface area (TPSA) is 90.0 Å². The molecule has 2 aromatic rings. The first-order valence-corrected chi connectivity index (χ1v) is 12.2. The number of amides is 1. The van der Waals surface area contributed by atoms with Crippen LogP contribution in [0, 0.1) is 0 Å². The number of sulfone groups is 1.